The summed E-state index contributed by atoms with van der Waals surface area (Å²) in [7, 11) is -3.11. The van der Waals surface area contributed by atoms with Gasteiger partial charge in [-0.05, 0) is 86.5 Å². The number of carbonyl (C=O) groups is 2. The van der Waals surface area contributed by atoms with Crippen LogP contribution in [0.25, 0.3) is 0 Å². The second-order valence-electron chi connectivity index (χ2n) is 15.1. The molecule has 0 spiro atoms. The van der Waals surface area contributed by atoms with Crippen LogP contribution in [0, 0.1) is 47.3 Å². The molecular formula is C38H73NO6S. The van der Waals surface area contributed by atoms with Crippen molar-refractivity contribution in [3.63, 3.8) is 0 Å². The minimum Gasteiger partial charge on any atom is -0.481 e. The number of hydrogen-bond donors (Lipinski definition) is 2. The van der Waals surface area contributed by atoms with E-state index in [1.54, 1.807) is 0 Å². The second-order valence-corrected chi connectivity index (χ2v) is 15.5. The molecule has 0 heterocycles. The van der Waals surface area contributed by atoms with Crippen LogP contribution < -0.4 is 5.32 Å². The van der Waals surface area contributed by atoms with E-state index in [2.05, 4.69) is 126 Å². The topological polar surface area (TPSA) is 118 Å². The summed E-state index contributed by atoms with van der Waals surface area (Å²) < 4.78 is 25.3. The normalized spacial score (nSPS) is 13.0. The first kappa shape index (κ1) is 50.6. The molecule has 0 bridgehead atoms. The second kappa shape index (κ2) is 26.8. The maximum atomic E-state index is 12.2. The Hall–Kier alpha value is -2.22. The number of hydrogen-bond acceptors (Lipinski definition) is 5. The van der Waals surface area contributed by atoms with Crippen LogP contribution in [-0.2, 0) is 20.2 Å². The summed E-state index contributed by atoms with van der Waals surface area (Å²) in [6, 6.07) is 10.9. The summed E-state index contributed by atoms with van der Waals surface area (Å²) in [5, 5.41) is 11.9. The number of carbonyl (C=O) groups excluding carboxylic acids is 1. The molecule has 0 aliphatic carbocycles. The molecule has 0 aromatic heterocycles. The fourth-order valence-corrected chi connectivity index (χ4v) is 4.87. The van der Waals surface area contributed by atoms with E-state index in [0.29, 0.717) is 17.8 Å². The first-order valence-electron chi connectivity index (χ1n) is 16.8. The van der Waals surface area contributed by atoms with Crippen molar-refractivity contribution < 1.29 is 27.3 Å². The van der Waals surface area contributed by atoms with Crippen LogP contribution >= 0.6 is 0 Å². The molecule has 3 atom stereocenters. The van der Waals surface area contributed by atoms with Crippen LogP contribution in [-0.4, -0.2) is 35.1 Å². The molecule has 1 aromatic carbocycles. The molecule has 2 N–H and O–H groups in total. The lowest BCUT2D eigenvalue weighted by molar-refractivity contribution is -0.143. The quantitative estimate of drug-likeness (QED) is 0.203. The van der Waals surface area contributed by atoms with Gasteiger partial charge in [0.25, 0.3) is 0 Å². The third-order valence-electron chi connectivity index (χ3n) is 7.82. The van der Waals surface area contributed by atoms with Crippen LogP contribution in [0.15, 0.2) is 30.3 Å². The van der Waals surface area contributed by atoms with E-state index in [-0.39, 0.29) is 36.6 Å². The number of benzene rings is 1. The van der Waals surface area contributed by atoms with Crippen molar-refractivity contribution in [2.75, 3.05) is 0 Å². The standard InChI is InChI=1S/C14H29NO.C14H22.C9H18O2.CH4.O3S/c1-8-14(6,7)15-13(16)12(11(4)5)9-10(2)3;1-11(2)10-14(12(3)4)13-8-6-5-7-9-13;1-6(2)5-8(7(3)4)9(10)11;;1-4(2)3/h10-12H,8-9H2,1-7H3,(H,15,16);5-9,11-12,14H,10H2,1-4H3;6-8H,5H2,1-4H3,(H,10,11);1H4;. The first-order chi connectivity index (χ1) is 20.5. The fraction of sp³-hybridized carbons (Fsp3) is 0.789. The predicted octanol–water partition coefficient (Wildman–Crippen LogP) is 10.1. The van der Waals surface area contributed by atoms with E-state index in [0.717, 1.165) is 37.0 Å². The van der Waals surface area contributed by atoms with Gasteiger partial charge in [0.2, 0.25) is 5.91 Å². The van der Waals surface area contributed by atoms with E-state index in [1.165, 1.54) is 12.0 Å². The SMILES string of the molecule is C.CC(C)CC(C(=O)O)C(C)C.CC(C)CC(c1ccccc1)C(C)C.CCC(C)(C)NC(=O)C(CC(C)C)C(C)C.O=S(=O)=O. The maximum Gasteiger partial charge on any atom is 0.425 e. The molecule has 46 heavy (non-hydrogen) atoms. The molecule has 0 saturated heterocycles. The largest absolute Gasteiger partial charge is 0.481 e. The average Bonchev–Trinajstić information content (AvgIpc) is 2.88. The Morgan fingerprint density at radius 1 is 0.696 bits per heavy atom. The van der Waals surface area contributed by atoms with Crippen LogP contribution in [0.4, 0.5) is 0 Å². The lowest BCUT2D eigenvalue weighted by Gasteiger charge is -2.29. The van der Waals surface area contributed by atoms with Crippen LogP contribution in [0.1, 0.15) is 148 Å². The third-order valence-corrected chi connectivity index (χ3v) is 7.82. The van der Waals surface area contributed by atoms with E-state index in [1.807, 2.05) is 13.8 Å². The molecule has 0 radical (unpaired) electrons. The van der Waals surface area contributed by atoms with Crippen molar-refractivity contribution in [2.24, 2.45) is 47.3 Å². The molecule has 7 nitrogen and oxygen atoms in total. The van der Waals surface area contributed by atoms with Gasteiger partial charge in [0, 0.05) is 11.5 Å². The highest BCUT2D eigenvalue weighted by Crippen LogP contribution is 2.30. The van der Waals surface area contributed by atoms with Gasteiger partial charge in [0.05, 0.1) is 5.92 Å². The van der Waals surface area contributed by atoms with Crippen LogP contribution in [0.5, 0.6) is 0 Å². The first-order valence-corrected chi connectivity index (χ1v) is 17.8. The molecule has 272 valence electrons. The summed E-state index contributed by atoms with van der Waals surface area (Å²) >= 11 is 0. The van der Waals surface area contributed by atoms with Crippen LogP contribution in [0.3, 0.4) is 0 Å². The van der Waals surface area contributed by atoms with Crippen LogP contribution in [0.2, 0.25) is 0 Å². The van der Waals surface area contributed by atoms with Gasteiger partial charge in [-0.1, -0.05) is 128 Å². The van der Waals surface area contributed by atoms with E-state index in [9.17, 15) is 9.59 Å². The number of carboxylic acids is 1. The fourth-order valence-electron chi connectivity index (χ4n) is 4.87. The van der Waals surface area contributed by atoms with Gasteiger partial charge in [0.1, 0.15) is 0 Å². The smallest absolute Gasteiger partial charge is 0.425 e. The zero-order valence-corrected chi connectivity index (χ0v) is 32.1. The monoisotopic (exact) mass is 672 g/mol. The summed E-state index contributed by atoms with van der Waals surface area (Å²) in [6.45, 7) is 32.1. The highest BCUT2D eigenvalue weighted by Gasteiger charge is 2.27. The lowest BCUT2D eigenvalue weighted by Crippen LogP contribution is -2.46. The van der Waals surface area contributed by atoms with E-state index in [4.69, 9.17) is 17.7 Å². The van der Waals surface area contributed by atoms with Crippen molar-refractivity contribution in [3.05, 3.63) is 35.9 Å². The molecule has 0 fully saturated rings. The van der Waals surface area contributed by atoms with Gasteiger partial charge in [-0.3, -0.25) is 9.59 Å². The zero-order chi connectivity index (χ0) is 36.1. The number of amides is 1. The highest BCUT2D eigenvalue weighted by atomic mass is 32.2. The number of rotatable bonds is 14. The molecule has 1 rings (SSSR count). The van der Waals surface area contributed by atoms with Crippen molar-refractivity contribution in [1.82, 2.24) is 5.32 Å². The van der Waals surface area contributed by atoms with E-state index < -0.39 is 16.6 Å². The number of nitrogens with one attached hydrogen (secondary N) is 1. The van der Waals surface area contributed by atoms with Gasteiger partial charge in [-0.15, -0.1) is 12.6 Å². The van der Waals surface area contributed by atoms with Gasteiger partial charge >= 0.3 is 16.6 Å². The Balaban J connectivity index is -0.000000272. The number of carboxylic acid groups (broad SMARTS) is 1. The molecule has 1 aromatic rings. The summed E-state index contributed by atoms with van der Waals surface area (Å²) in [5.41, 5.74) is 1.41. The van der Waals surface area contributed by atoms with Gasteiger partial charge in [-0.25, -0.2) is 0 Å². The Morgan fingerprint density at radius 3 is 1.33 bits per heavy atom. The van der Waals surface area contributed by atoms with Gasteiger partial charge < -0.3 is 10.4 Å². The lowest BCUT2D eigenvalue weighted by atomic mass is 9.82. The molecule has 3 unspecified atom stereocenters. The molecule has 8 heteroatoms. The van der Waals surface area contributed by atoms with E-state index >= 15 is 0 Å². The summed E-state index contributed by atoms with van der Waals surface area (Å²) in [6.07, 6.45) is 4.02. The third kappa shape index (κ3) is 28.0. The van der Waals surface area contributed by atoms with Crippen molar-refractivity contribution in [3.8, 4) is 0 Å². The minimum absolute atomic E-state index is 0. The van der Waals surface area contributed by atoms with Gasteiger partial charge in [0.15, 0.2) is 0 Å². The molecular weight excluding hydrogens is 598 g/mol. The summed E-state index contributed by atoms with van der Waals surface area (Å²) in [5.74, 6) is 3.47. The molecule has 1 amide bonds. The molecule has 0 saturated carbocycles. The molecule has 0 aliphatic rings. The van der Waals surface area contributed by atoms with Gasteiger partial charge in [-0.2, -0.15) is 0 Å². The van der Waals surface area contributed by atoms with Crippen molar-refractivity contribution in [1.29, 1.82) is 0 Å². The summed E-state index contributed by atoms with van der Waals surface area (Å²) in [4.78, 5) is 22.9. The minimum atomic E-state index is -3.11. The number of aliphatic carboxylic acids is 1. The predicted molar refractivity (Wildman–Crippen MR) is 196 cm³/mol. The Labute approximate surface area is 286 Å². The van der Waals surface area contributed by atoms with Crippen molar-refractivity contribution >= 4 is 22.5 Å². The maximum absolute atomic E-state index is 12.2. The van der Waals surface area contributed by atoms with Crippen molar-refractivity contribution in [2.45, 2.75) is 148 Å². The highest BCUT2D eigenvalue weighted by molar-refractivity contribution is 7.59. The average molecular weight is 672 g/mol. The Kier molecular flexibility index (Phi) is 29.5. The zero-order valence-electron chi connectivity index (χ0n) is 31.3. The Bertz CT molecular complexity index is 1010. The Morgan fingerprint density at radius 2 is 1.07 bits per heavy atom. The molecule has 0 aliphatic heterocycles.